The Balaban J connectivity index is 5.00. The van der Waals surface area contributed by atoms with Gasteiger partial charge in [-0.25, -0.2) is 4.79 Å². The van der Waals surface area contributed by atoms with Gasteiger partial charge in [-0.15, -0.1) is 0 Å². The molecule has 0 aromatic heterocycles. The van der Waals surface area contributed by atoms with Crippen molar-refractivity contribution >= 4 is 5.97 Å². The molecule has 0 aromatic carbocycles. The third kappa shape index (κ3) is 3.59. The molecule has 76 valence electrons. The molecule has 0 saturated carbocycles. The average Bonchev–Trinajstić information content (AvgIpc) is 1.96. The maximum atomic E-state index is 10.8. The molecule has 1 N–H and O–H groups in total. The first-order valence-corrected chi connectivity index (χ1v) is 4.55. The number of nitrogens with zero attached hydrogens (tertiary/aromatic N) is 1. The number of carboxylic acid groups (broad SMARTS) is 1. The SMILES string of the molecule is CCCC(=C(C)C(=O)O)[N+](C)(C)C. The lowest BCUT2D eigenvalue weighted by Gasteiger charge is -2.27. The zero-order chi connectivity index (χ0) is 10.6. The molecule has 0 atom stereocenters. The smallest absolute Gasteiger partial charge is 0.336 e. The highest BCUT2D eigenvalue weighted by molar-refractivity contribution is 5.86. The van der Waals surface area contributed by atoms with Gasteiger partial charge in [-0.3, -0.25) is 0 Å². The van der Waals surface area contributed by atoms with E-state index in [4.69, 9.17) is 5.11 Å². The van der Waals surface area contributed by atoms with E-state index in [9.17, 15) is 4.79 Å². The monoisotopic (exact) mass is 186 g/mol. The van der Waals surface area contributed by atoms with E-state index in [2.05, 4.69) is 6.92 Å². The molecular formula is C10H20NO2+. The number of hydrogen-bond acceptors (Lipinski definition) is 1. The number of hydrogen-bond donors (Lipinski definition) is 1. The molecule has 0 aliphatic heterocycles. The second kappa shape index (κ2) is 4.42. The molecule has 0 radical (unpaired) electrons. The summed E-state index contributed by atoms with van der Waals surface area (Å²) in [6.07, 6.45) is 1.83. The second-order valence-electron chi connectivity index (χ2n) is 4.14. The van der Waals surface area contributed by atoms with E-state index in [1.54, 1.807) is 6.92 Å². The van der Waals surface area contributed by atoms with Gasteiger partial charge in [-0.1, -0.05) is 6.92 Å². The molecule has 0 unspecified atom stereocenters. The van der Waals surface area contributed by atoms with Crippen molar-refractivity contribution in [2.45, 2.75) is 26.7 Å². The van der Waals surface area contributed by atoms with Crippen LogP contribution in [0.25, 0.3) is 0 Å². The number of aliphatic carboxylic acids is 1. The van der Waals surface area contributed by atoms with Gasteiger partial charge in [0.05, 0.1) is 26.7 Å². The van der Waals surface area contributed by atoms with E-state index in [0.29, 0.717) is 10.1 Å². The van der Waals surface area contributed by atoms with Crippen molar-refractivity contribution in [2.24, 2.45) is 0 Å². The quantitative estimate of drug-likeness (QED) is 0.537. The summed E-state index contributed by atoms with van der Waals surface area (Å²) in [6, 6.07) is 0. The zero-order valence-electron chi connectivity index (χ0n) is 9.22. The molecule has 0 aromatic rings. The van der Waals surface area contributed by atoms with Gasteiger partial charge in [0, 0.05) is 6.42 Å². The Morgan fingerprint density at radius 2 is 1.77 bits per heavy atom. The van der Waals surface area contributed by atoms with Crippen LogP contribution in [0.15, 0.2) is 11.3 Å². The predicted molar refractivity (Wildman–Crippen MR) is 53.3 cm³/mol. The summed E-state index contributed by atoms with van der Waals surface area (Å²) in [6.45, 7) is 3.74. The first-order valence-electron chi connectivity index (χ1n) is 4.55. The fourth-order valence-corrected chi connectivity index (χ4v) is 1.39. The highest BCUT2D eigenvalue weighted by Gasteiger charge is 2.21. The predicted octanol–water partition coefficient (Wildman–Crippen LogP) is 1.85. The fourth-order valence-electron chi connectivity index (χ4n) is 1.39. The summed E-state index contributed by atoms with van der Waals surface area (Å²) >= 11 is 0. The van der Waals surface area contributed by atoms with E-state index >= 15 is 0 Å². The Kier molecular flexibility index (Phi) is 4.14. The Bertz CT molecular complexity index is 224. The summed E-state index contributed by atoms with van der Waals surface area (Å²) in [7, 11) is 5.99. The molecule has 0 saturated heterocycles. The molecule has 0 aliphatic carbocycles. The van der Waals surface area contributed by atoms with Gasteiger partial charge >= 0.3 is 5.97 Å². The van der Waals surface area contributed by atoms with Gasteiger partial charge in [0.25, 0.3) is 0 Å². The van der Waals surface area contributed by atoms with Crippen molar-refractivity contribution in [3.8, 4) is 0 Å². The summed E-state index contributed by atoms with van der Waals surface area (Å²) in [5.74, 6) is -0.809. The lowest BCUT2D eigenvalue weighted by atomic mass is 10.1. The van der Waals surface area contributed by atoms with Gasteiger partial charge in [0.2, 0.25) is 0 Å². The van der Waals surface area contributed by atoms with Crippen molar-refractivity contribution in [1.82, 2.24) is 0 Å². The van der Waals surface area contributed by atoms with E-state index in [0.717, 1.165) is 18.5 Å². The molecule has 13 heavy (non-hydrogen) atoms. The molecule has 0 fully saturated rings. The number of rotatable bonds is 4. The van der Waals surface area contributed by atoms with Crippen molar-refractivity contribution in [3.05, 3.63) is 11.3 Å². The third-order valence-electron chi connectivity index (χ3n) is 2.05. The van der Waals surface area contributed by atoms with Gasteiger partial charge in [0.1, 0.15) is 5.70 Å². The Hall–Kier alpha value is -0.830. The second-order valence-corrected chi connectivity index (χ2v) is 4.14. The molecule has 0 amide bonds. The summed E-state index contributed by atoms with van der Waals surface area (Å²) in [5.41, 5.74) is 1.48. The van der Waals surface area contributed by atoms with Gasteiger partial charge in [-0.05, 0) is 13.3 Å². The van der Waals surface area contributed by atoms with Crippen LogP contribution in [0.1, 0.15) is 26.7 Å². The standard InChI is InChI=1S/C10H19NO2/c1-6-7-9(11(3,4)5)8(2)10(12)13/h6-7H2,1-5H3/p+1. The first-order chi connectivity index (χ1) is 5.80. The van der Waals surface area contributed by atoms with E-state index < -0.39 is 5.97 Å². The Morgan fingerprint density at radius 1 is 1.31 bits per heavy atom. The molecule has 0 spiro atoms. The fraction of sp³-hybridized carbons (Fsp3) is 0.700. The molecule has 3 nitrogen and oxygen atoms in total. The molecule has 0 rings (SSSR count). The van der Waals surface area contributed by atoms with E-state index in [1.807, 2.05) is 21.1 Å². The normalized spacial score (nSPS) is 13.9. The number of quaternary nitrogens is 1. The maximum Gasteiger partial charge on any atom is 0.336 e. The molecule has 0 heterocycles. The molecule has 0 bridgehead atoms. The number of carboxylic acids is 1. The van der Waals surface area contributed by atoms with Crippen molar-refractivity contribution in [1.29, 1.82) is 0 Å². The minimum Gasteiger partial charge on any atom is -0.478 e. The lowest BCUT2D eigenvalue weighted by Crippen LogP contribution is -2.35. The molecular weight excluding hydrogens is 166 g/mol. The van der Waals surface area contributed by atoms with Crippen molar-refractivity contribution < 1.29 is 14.4 Å². The van der Waals surface area contributed by atoms with Crippen molar-refractivity contribution in [3.63, 3.8) is 0 Å². The van der Waals surface area contributed by atoms with Gasteiger partial charge in [-0.2, -0.15) is 0 Å². The van der Waals surface area contributed by atoms with Crippen LogP contribution >= 0.6 is 0 Å². The summed E-state index contributed by atoms with van der Waals surface area (Å²) < 4.78 is 0.603. The maximum absolute atomic E-state index is 10.8. The topological polar surface area (TPSA) is 37.3 Å². The van der Waals surface area contributed by atoms with Crippen LogP contribution in [0.4, 0.5) is 0 Å². The highest BCUT2D eigenvalue weighted by Crippen LogP contribution is 2.18. The van der Waals surface area contributed by atoms with E-state index in [1.165, 1.54) is 0 Å². The van der Waals surface area contributed by atoms with Gasteiger partial charge in [0.15, 0.2) is 0 Å². The molecule has 3 heteroatoms. The number of carbonyl (C=O) groups is 1. The van der Waals surface area contributed by atoms with Crippen LogP contribution < -0.4 is 0 Å². The minimum atomic E-state index is -0.809. The molecule has 0 aliphatic rings. The summed E-state index contributed by atoms with van der Waals surface area (Å²) in [4.78, 5) is 10.8. The number of allylic oxidation sites excluding steroid dienone is 1. The van der Waals surface area contributed by atoms with Crippen LogP contribution in [0, 0.1) is 0 Å². The van der Waals surface area contributed by atoms with Gasteiger partial charge < -0.3 is 9.59 Å². The minimum absolute atomic E-state index is 0.481. The van der Waals surface area contributed by atoms with Crippen molar-refractivity contribution in [2.75, 3.05) is 21.1 Å². The van der Waals surface area contributed by atoms with Crippen LogP contribution in [-0.4, -0.2) is 36.7 Å². The van der Waals surface area contributed by atoms with Crippen LogP contribution in [0.2, 0.25) is 0 Å². The third-order valence-corrected chi connectivity index (χ3v) is 2.05. The highest BCUT2D eigenvalue weighted by atomic mass is 16.4. The van der Waals surface area contributed by atoms with E-state index in [-0.39, 0.29) is 0 Å². The largest absolute Gasteiger partial charge is 0.478 e. The first kappa shape index (κ1) is 12.2. The lowest BCUT2D eigenvalue weighted by molar-refractivity contribution is -0.833. The van der Waals surface area contributed by atoms with Crippen LogP contribution in [0.3, 0.4) is 0 Å². The Labute approximate surface area is 80.3 Å². The summed E-state index contributed by atoms with van der Waals surface area (Å²) in [5, 5.41) is 8.87. The van der Waals surface area contributed by atoms with Crippen LogP contribution in [-0.2, 0) is 4.79 Å². The Morgan fingerprint density at radius 3 is 2.00 bits per heavy atom. The average molecular weight is 186 g/mol. The zero-order valence-corrected chi connectivity index (χ0v) is 9.22. The van der Waals surface area contributed by atoms with Crippen LogP contribution in [0.5, 0.6) is 0 Å².